The van der Waals surface area contributed by atoms with Gasteiger partial charge in [-0.3, -0.25) is 0 Å². The molecule has 0 fully saturated rings. The molecule has 4 aromatic rings. The molecule has 2 aliphatic rings. The van der Waals surface area contributed by atoms with Crippen molar-refractivity contribution in [1.29, 1.82) is 10.5 Å². The van der Waals surface area contributed by atoms with Gasteiger partial charge in [0.2, 0.25) is 0 Å². The molecule has 1 heterocycles. The number of nitrogens with zero attached hydrogens (tertiary/aromatic N) is 2. The number of benzene rings is 4. The quantitative estimate of drug-likeness (QED) is 0.172. The number of hydrogen-bond acceptors (Lipinski definition) is 10. The molecule has 0 spiro atoms. The van der Waals surface area contributed by atoms with Gasteiger partial charge < -0.3 is 37.9 Å². The summed E-state index contributed by atoms with van der Waals surface area (Å²) in [5.41, 5.74) is 11.6. The molecule has 1 aliphatic heterocycles. The summed E-state index contributed by atoms with van der Waals surface area (Å²) in [5.74, 6) is 2.93. The fourth-order valence-corrected chi connectivity index (χ4v) is 8.74. The third-order valence-electron chi connectivity index (χ3n) is 12.6. The van der Waals surface area contributed by atoms with Crippen molar-refractivity contribution in [3.05, 3.63) is 115 Å². The summed E-state index contributed by atoms with van der Waals surface area (Å²) in [5, 5.41) is 20.1. The first kappa shape index (κ1) is 52.3. The van der Waals surface area contributed by atoms with Gasteiger partial charge in [0.25, 0.3) is 0 Å². The third-order valence-corrected chi connectivity index (χ3v) is 12.6. The molecule has 10 bridgehead atoms. The zero-order valence-electron chi connectivity index (χ0n) is 43.1. The number of ether oxygens (including phenoxy) is 8. The molecule has 68 heavy (non-hydrogen) atoms. The molecular weight excluding hydrogens is 853 g/mol. The minimum Gasteiger partial charge on any atom is -0.491 e. The van der Waals surface area contributed by atoms with Gasteiger partial charge in [-0.15, -0.1) is 0 Å². The number of nitriles is 2. The van der Waals surface area contributed by atoms with E-state index < -0.39 is 0 Å². The van der Waals surface area contributed by atoms with Crippen LogP contribution in [0.1, 0.15) is 150 Å². The van der Waals surface area contributed by atoms with Gasteiger partial charge in [-0.05, 0) is 88.4 Å². The van der Waals surface area contributed by atoms with Crippen LogP contribution in [0.3, 0.4) is 0 Å². The second-order valence-corrected chi connectivity index (χ2v) is 22.2. The number of rotatable bonds is 4. The van der Waals surface area contributed by atoms with Gasteiger partial charge in [0.1, 0.15) is 48.4 Å². The molecule has 0 N–H and O–H groups in total. The van der Waals surface area contributed by atoms with Gasteiger partial charge in [0.05, 0.1) is 52.9 Å². The summed E-state index contributed by atoms with van der Waals surface area (Å²) in [6, 6.07) is 22.7. The van der Waals surface area contributed by atoms with Crippen LogP contribution in [0.5, 0.6) is 23.0 Å². The lowest BCUT2D eigenvalue weighted by Crippen LogP contribution is -2.18. The average molecular weight is 929 g/mol. The van der Waals surface area contributed by atoms with Gasteiger partial charge in [0, 0.05) is 25.7 Å². The van der Waals surface area contributed by atoms with E-state index in [-0.39, 0.29) is 34.9 Å². The molecule has 6 rings (SSSR count). The second kappa shape index (κ2) is 22.5. The van der Waals surface area contributed by atoms with Crippen LogP contribution in [0.2, 0.25) is 0 Å². The van der Waals surface area contributed by atoms with Gasteiger partial charge in [-0.2, -0.15) is 10.5 Å². The van der Waals surface area contributed by atoms with Gasteiger partial charge in [-0.1, -0.05) is 132 Å². The van der Waals surface area contributed by atoms with Crippen LogP contribution in [0.4, 0.5) is 0 Å². The zero-order chi connectivity index (χ0) is 49.3. The van der Waals surface area contributed by atoms with Crippen molar-refractivity contribution in [1.82, 2.24) is 0 Å². The Bertz CT molecular complexity index is 2180. The summed E-state index contributed by atoms with van der Waals surface area (Å²) >= 11 is 0. The minimum atomic E-state index is -0.220. The lowest BCUT2D eigenvalue weighted by atomic mass is 9.79. The monoisotopic (exact) mass is 929 g/mol. The molecule has 10 heteroatoms. The largest absolute Gasteiger partial charge is 0.491 e. The molecule has 4 aromatic carbocycles. The molecule has 0 saturated heterocycles. The summed E-state index contributed by atoms with van der Waals surface area (Å²) < 4.78 is 50.9. The van der Waals surface area contributed by atoms with Crippen molar-refractivity contribution in [3.63, 3.8) is 0 Å². The first-order valence-corrected chi connectivity index (χ1v) is 24.4. The van der Waals surface area contributed by atoms with E-state index >= 15 is 0 Å². The van der Waals surface area contributed by atoms with E-state index in [1.807, 2.05) is 0 Å². The van der Waals surface area contributed by atoms with Gasteiger partial charge in [0.15, 0.2) is 13.2 Å². The third kappa shape index (κ3) is 13.8. The highest BCUT2D eigenvalue weighted by Crippen LogP contribution is 2.44. The molecule has 1 aliphatic carbocycles. The maximum absolute atomic E-state index is 10.1. The topological polar surface area (TPSA) is 121 Å². The Morgan fingerprint density at radius 3 is 0.809 bits per heavy atom. The fourth-order valence-electron chi connectivity index (χ4n) is 8.74. The Balaban J connectivity index is 1.75. The standard InChI is InChI=1S/C58H76N2O8/c1-55(2,3)47-31-39-27-43-35-49(57(7,8)9)37-45-29-41-33-48(56(4,5)6)34-42(52(41)66-16-14-60)30-46-38-50(58(10,11)12)36-44(28-40(32-47)51(39)65-15-13-59)54(46)68-26-24-64-22-20-62-18-17-61-19-21-63-23-25-67-53(43)45/h31-38H,15-30H2,1-12H3. The van der Waals surface area contributed by atoms with E-state index in [1.165, 1.54) is 0 Å². The highest BCUT2D eigenvalue weighted by atomic mass is 16.6. The van der Waals surface area contributed by atoms with Crippen molar-refractivity contribution in [2.45, 2.75) is 130 Å². The molecule has 0 aromatic heterocycles. The van der Waals surface area contributed by atoms with Crippen LogP contribution in [-0.2, 0) is 66.3 Å². The summed E-state index contributed by atoms with van der Waals surface area (Å²) in [7, 11) is 0. The molecule has 366 valence electrons. The maximum atomic E-state index is 10.1. The Morgan fingerprint density at radius 2 is 0.588 bits per heavy atom. The summed E-state index contributed by atoms with van der Waals surface area (Å²) in [4.78, 5) is 0. The van der Waals surface area contributed by atoms with Crippen LogP contribution in [0.15, 0.2) is 48.5 Å². The van der Waals surface area contributed by atoms with Gasteiger partial charge in [-0.25, -0.2) is 0 Å². The van der Waals surface area contributed by atoms with E-state index in [4.69, 9.17) is 37.9 Å². The first-order valence-electron chi connectivity index (χ1n) is 24.4. The Morgan fingerprint density at radius 1 is 0.368 bits per heavy atom. The fraction of sp³-hybridized carbons (Fsp3) is 0.552. The molecule has 0 amide bonds. The van der Waals surface area contributed by atoms with Crippen LogP contribution in [-0.4, -0.2) is 79.3 Å². The van der Waals surface area contributed by atoms with Crippen molar-refractivity contribution in [2.75, 3.05) is 79.3 Å². The number of hydrogen-bond donors (Lipinski definition) is 0. The predicted octanol–water partition coefficient (Wildman–Crippen LogP) is 11.2. The molecule has 0 unspecified atom stereocenters. The summed E-state index contributed by atoms with van der Waals surface area (Å²) in [6.07, 6.45) is 1.89. The number of fused-ring (bicyclic) bond motifs is 2. The molecule has 0 atom stereocenters. The highest BCUT2D eigenvalue weighted by molar-refractivity contribution is 5.60. The lowest BCUT2D eigenvalue weighted by Gasteiger charge is -2.29. The molecular formula is C58H76N2O8. The van der Waals surface area contributed by atoms with Crippen LogP contribution in [0, 0.1) is 22.7 Å². The van der Waals surface area contributed by atoms with Crippen molar-refractivity contribution >= 4 is 0 Å². The Kier molecular flexibility index (Phi) is 17.3. The van der Waals surface area contributed by atoms with Crippen molar-refractivity contribution in [3.8, 4) is 35.1 Å². The van der Waals surface area contributed by atoms with Crippen LogP contribution < -0.4 is 18.9 Å². The van der Waals surface area contributed by atoms with Crippen molar-refractivity contribution < 1.29 is 37.9 Å². The first-order chi connectivity index (χ1) is 32.2. The van der Waals surface area contributed by atoms with Gasteiger partial charge >= 0.3 is 0 Å². The van der Waals surface area contributed by atoms with Crippen LogP contribution >= 0.6 is 0 Å². The zero-order valence-corrected chi connectivity index (χ0v) is 43.1. The minimum absolute atomic E-state index is 0.111. The van der Waals surface area contributed by atoms with E-state index in [0.717, 1.165) is 78.3 Å². The highest BCUT2D eigenvalue weighted by Gasteiger charge is 2.29. The average Bonchev–Trinajstić information content (AvgIpc) is 3.24. The smallest absolute Gasteiger partial charge is 0.174 e. The molecule has 0 radical (unpaired) electrons. The van der Waals surface area contributed by atoms with E-state index in [2.05, 4.69) is 144 Å². The Hall–Kier alpha value is -5.10. The van der Waals surface area contributed by atoms with E-state index in [1.54, 1.807) is 0 Å². The lowest BCUT2D eigenvalue weighted by molar-refractivity contribution is -0.00706. The van der Waals surface area contributed by atoms with Crippen molar-refractivity contribution in [2.24, 2.45) is 0 Å². The van der Waals surface area contributed by atoms with Crippen LogP contribution in [0.25, 0.3) is 0 Å². The predicted molar refractivity (Wildman–Crippen MR) is 268 cm³/mol. The van der Waals surface area contributed by atoms with E-state index in [9.17, 15) is 10.5 Å². The Labute approximate surface area is 407 Å². The summed E-state index contributed by atoms with van der Waals surface area (Å²) in [6.45, 7) is 30.6. The SMILES string of the molecule is CC(C)(C)c1cc2c(OCC#N)c(c1)Cc1cc(C(C)(C)C)cc3c1OCCOCCOCCOCCOCCOc1c(cc(C(C)(C)C)cc1Cc1cc(C(C)(C)C)cc(c1OCC#N)C3)C2. The second-order valence-electron chi connectivity index (χ2n) is 22.2. The van der Waals surface area contributed by atoms with E-state index in [0.29, 0.717) is 103 Å². The maximum Gasteiger partial charge on any atom is 0.174 e. The normalized spacial score (nSPS) is 16.1. The molecule has 0 saturated carbocycles. The molecule has 10 nitrogen and oxygen atoms in total.